The molecule has 0 radical (unpaired) electrons. The molecule has 0 aliphatic carbocycles. The topological polar surface area (TPSA) is 60.8 Å². The highest BCUT2D eigenvalue weighted by Crippen LogP contribution is 2.22. The molecule has 4 nitrogen and oxygen atoms in total. The quantitative estimate of drug-likeness (QED) is 0.725. The van der Waals surface area contributed by atoms with Gasteiger partial charge in [-0.3, -0.25) is 0 Å². The number of unbranched alkanes of at least 4 members (excludes halogenated alkanes) is 1. The Morgan fingerprint density at radius 3 is 2.86 bits per heavy atom. The number of amides is 1. The van der Waals surface area contributed by atoms with Crippen molar-refractivity contribution in [2.45, 2.75) is 38.7 Å². The first kappa shape index (κ1) is 11.3. The highest BCUT2D eigenvalue weighted by molar-refractivity contribution is 5.65. The van der Waals surface area contributed by atoms with Crippen molar-refractivity contribution in [2.75, 3.05) is 13.1 Å². The molecule has 1 amide bonds. The van der Waals surface area contributed by atoms with E-state index in [1.807, 2.05) is 0 Å². The van der Waals surface area contributed by atoms with Gasteiger partial charge in [0.2, 0.25) is 0 Å². The molecule has 82 valence electrons. The SMILES string of the molecule is CCCC[C@H](O)[C@H]1CCN(C(=O)O)C1. The lowest BCUT2D eigenvalue weighted by Crippen LogP contribution is -2.29. The molecule has 1 saturated heterocycles. The Labute approximate surface area is 84.5 Å². The zero-order valence-electron chi connectivity index (χ0n) is 8.65. The lowest BCUT2D eigenvalue weighted by Gasteiger charge is -2.17. The van der Waals surface area contributed by atoms with Crippen LogP contribution in [-0.4, -0.2) is 40.4 Å². The fourth-order valence-electron chi connectivity index (χ4n) is 1.92. The lowest BCUT2D eigenvalue weighted by molar-refractivity contribution is 0.0972. The van der Waals surface area contributed by atoms with Gasteiger partial charge < -0.3 is 15.1 Å². The minimum Gasteiger partial charge on any atom is -0.465 e. The lowest BCUT2D eigenvalue weighted by atomic mass is 9.97. The number of carbonyl (C=O) groups is 1. The standard InChI is InChI=1S/C10H19NO3/c1-2-3-4-9(12)8-5-6-11(7-8)10(13)14/h8-9,12H,2-7H2,1H3,(H,13,14)/t8-,9-/m0/s1. The van der Waals surface area contributed by atoms with E-state index < -0.39 is 6.09 Å². The van der Waals surface area contributed by atoms with Crippen LogP contribution in [0, 0.1) is 5.92 Å². The molecule has 0 bridgehead atoms. The van der Waals surface area contributed by atoms with E-state index in [-0.39, 0.29) is 12.0 Å². The smallest absolute Gasteiger partial charge is 0.407 e. The number of carboxylic acid groups (broad SMARTS) is 1. The van der Waals surface area contributed by atoms with Crippen LogP contribution in [0.2, 0.25) is 0 Å². The maximum Gasteiger partial charge on any atom is 0.407 e. The summed E-state index contributed by atoms with van der Waals surface area (Å²) >= 11 is 0. The van der Waals surface area contributed by atoms with E-state index in [4.69, 9.17) is 5.11 Å². The Kier molecular flexibility index (Phi) is 4.20. The minimum absolute atomic E-state index is 0.151. The van der Waals surface area contributed by atoms with Gasteiger partial charge in [-0.2, -0.15) is 0 Å². The van der Waals surface area contributed by atoms with Crippen LogP contribution in [-0.2, 0) is 0 Å². The molecule has 1 aliphatic rings. The van der Waals surface area contributed by atoms with Crippen LogP contribution >= 0.6 is 0 Å². The monoisotopic (exact) mass is 201 g/mol. The normalized spacial score (nSPS) is 23.9. The molecule has 2 atom stereocenters. The number of hydrogen-bond acceptors (Lipinski definition) is 2. The third-order valence-corrected chi connectivity index (χ3v) is 2.89. The molecule has 1 fully saturated rings. The van der Waals surface area contributed by atoms with Crippen LogP contribution in [0.3, 0.4) is 0 Å². The second-order valence-electron chi connectivity index (χ2n) is 3.99. The third-order valence-electron chi connectivity index (χ3n) is 2.89. The first-order chi connectivity index (χ1) is 6.65. The maximum absolute atomic E-state index is 10.6. The van der Waals surface area contributed by atoms with Crippen molar-refractivity contribution in [1.29, 1.82) is 0 Å². The molecule has 1 rings (SSSR count). The Bertz CT molecular complexity index is 196. The van der Waals surface area contributed by atoms with Gasteiger partial charge in [0.05, 0.1) is 6.10 Å². The van der Waals surface area contributed by atoms with E-state index in [1.54, 1.807) is 0 Å². The first-order valence-electron chi connectivity index (χ1n) is 5.31. The van der Waals surface area contributed by atoms with Gasteiger partial charge in [0, 0.05) is 19.0 Å². The number of rotatable bonds is 4. The van der Waals surface area contributed by atoms with E-state index in [9.17, 15) is 9.90 Å². The van der Waals surface area contributed by atoms with Gasteiger partial charge in [-0.25, -0.2) is 4.79 Å². The number of hydrogen-bond donors (Lipinski definition) is 2. The number of aliphatic hydroxyl groups excluding tert-OH is 1. The summed E-state index contributed by atoms with van der Waals surface area (Å²) in [4.78, 5) is 12.0. The second kappa shape index (κ2) is 5.20. The molecular weight excluding hydrogens is 182 g/mol. The van der Waals surface area contributed by atoms with Crippen LogP contribution in [0.25, 0.3) is 0 Å². The van der Waals surface area contributed by atoms with Crippen LogP contribution in [0.4, 0.5) is 4.79 Å². The van der Waals surface area contributed by atoms with Gasteiger partial charge in [0.15, 0.2) is 0 Å². The molecule has 0 saturated carbocycles. The molecule has 2 N–H and O–H groups in total. The summed E-state index contributed by atoms with van der Waals surface area (Å²) in [6.45, 7) is 3.16. The highest BCUT2D eigenvalue weighted by atomic mass is 16.4. The fraction of sp³-hybridized carbons (Fsp3) is 0.900. The van der Waals surface area contributed by atoms with Crippen molar-refractivity contribution in [3.8, 4) is 0 Å². The summed E-state index contributed by atoms with van der Waals surface area (Å²) in [7, 11) is 0. The van der Waals surface area contributed by atoms with Crippen molar-refractivity contribution in [3.63, 3.8) is 0 Å². The van der Waals surface area contributed by atoms with Gasteiger partial charge in [-0.15, -0.1) is 0 Å². The summed E-state index contributed by atoms with van der Waals surface area (Å²) in [5.41, 5.74) is 0. The summed E-state index contributed by atoms with van der Waals surface area (Å²) < 4.78 is 0. The first-order valence-corrected chi connectivity index (χ1v) is 5.31. The van der Waals surface area contributed by atoms with Gasteiger partial charge in [-0.1, -0.05) is 19.8 Å². The van der Waals surface area contributed by atoms with Gasteiger partial charge in [0.1, 0.15) is 0 Å². The zero-order chi connectivity index (χ0) is 10.6. The molecule has 0 spiro atoms. The molecular formula is C10H19NO3. The third kappa shape index (κ3) is 2.87. The Balaban J connectivity index is 2.30. The molecule has 1 aliphatic heterocycles. The number of aliphatic hydroxyl groups is 1. The number of likely N-dealkylation sites (tertiary alicyclic amines) is 1. The fourth-order valence-corrected chi connectivity index (χ4v) is 1.92. The van der Waals surface area contributed by atoms with Crippen molar-refractivity contribution < 1.29 is 15.0 Å². The van der Waals surface area contributed by atoms with E-state index in [2.05, 4.69) is 6.92 Å². The summed E-state index contributed by atoms with van der Waals surface area (Å²) in [5, 5.41) is 18.5. The molecule has 0 aromatic carbocycles. The molecule has 0 unspecified atom stereocenters. The van der Waals surface area contributed by atoms with Crippen LogP contribution in [0.5, 0.6) is 0 Å². The highest BCUT2D eigenvalue weighted by Gasteiger charge is 2.30. The van der Waals surface area contributed by atoms with Crippen LogP contribution in [0.1, 0.15) is 32.6 Å². The minimum atomic E-state index is -0.866. The van der Waals surface area contributed by atoms with E-state index in [0.717, 1.165) is 25.7 Å². The summed E-state index contributed by atoms with van der Waals surface area (Å²) in [6, 6.07) is 0. The molecule has 4 heteroatoms. The Morgan fingerprint density at radius 2 is 2.36 bits per heavy atom. The van der Waals surface area contributed by atoms with Crippen LogP contribution in [0.15, 0.2) is 0 Å². The van der Waals surface area contributed by atoms with E-state index in [1.165, 1.54) is 4.90 Å². The average Bonchev–Trinajstić information content (AvgIpc) is 2.62. The maximum atomic E-state index is 10.6. The zero-order valence-corrected chi connectivity index (χ0v) is 8.65. The molecule has 1 heterocycles. The Hall–Kier alpha value is -0.770. The number of nitrogens with zero attached hydrogens (tertiary/aromatic N) is 1. The summed E-state index contributed by atoms with van der Waals surface area (Å²) in [5.74, 6) is 0.151. The predicted octanol–water partition coefficient (Wildman–Crippen LogP) is 1.54. The van der Waals surface area contributed by atoms with Crippen molar-refractivity contribution in [3.05, 3.63) is 0 Å². The summed E-state index contributed by atoms with van der Waals surface area (Å²) in [6.07, 6.45) is 2.51. The van der Waals surface area contributed by atoms with Crippen LogP contribution < -0.4 is 0 Å². The van der Waals surface area contributed by atoms with Gasteiger partial charge >= 0.3 is 6.09 Å². The predicted molar refractivity (Wildman–Crippen MR) is 53.2 cm³/mol. The van der Waals surface area contributed by atoms with Gasteiger partial charge in [-0.05, 0) is 12.8 Å². The molecule has 0 aromatic heterocycles. The van der Waals surface area contributed by atoms with E-state index in [0.29, 0.717) is 13.1 Å². The average molecular weight is 201 g/mol. The largest absolute Gasteiger partial charge is 0.465 e. The van der Waals surface area contributed by atoms with Crippen molar-refractivity contribution in [2.24, 2.45) is 5.92 Å². The van der Waals surface area contributed by atoms with Gasteiger partial charge in [0.25, 0.3) is 0 Å². The van der Waals surface area contributed by atoms with E-state index >= 15 is 0 Å². The Morgan fingerprint density at radius 1 is 1.64 bits per heavy atom. The van der Waals surface area contributed by atoms with Crippen molar-refractivity contribution >= 4 is 6.09 Å². The second-order valence-corrected chi connectivity index (χ2v) is 3.99. The van der Waals surface area contributed by atoms with Crippen molar-refractivity contribution in [1.82, 2.24) is 4.90 Å². The molecule has 0 aromatic rings. The molecule has 14 heavy (non-hydrogen) atoms.